The maximum absolute atomic E-state index is 5.51. The van der Waals surface area contributed by atoms with Crippen LogP contribution in [0.1, 0.15) is 29.5 Å². The van der Waals surface area contributed by atoms with Gasteiger partial charge in [0.05, 0.1) is 14.2 Å². The van der Waals surface area contributed by atoms with E-state index in [9.17, 15) is 0 Å². The Labute approximate surface area is 162 Å². The van der Waals surface area contributed by atoms with Crippen LogP contribution in [0.25, 0.3) is 0 Å². The topological polar surface area (TPSA) is 24.9 Å². The lowest BCUT2D eigenvalue weighted by molar-refractivity contribution is 0.0837. The van der Waals surface area contributed by atoms with E-state index in [1.165, 1.54) is 36.1 Å². The fourth-order valence-corrected chi connectivity index (χ4v) is 4.53. The van der Waals surface area contributed by atoms with Crippen LogP contribution >= 0.6 is 0 Å². The standard InChI is InChI=1S/C23H30N2O2/c1-26-22-13-19-10-12-25(16-20(19)14-23(22)27-2)21-9-6-11-24(17-21)15-18-7-4-3-5-8-18/h3-5,7-8,13-14,21H,6,9-12,15-17H2,1-2H3/t21-/m0/s1. The Morgan fingerprint density at radius 3 is 2.44 bits per heavy atom. The summed E-state index contributed by atoms with van der Waals surface area (Å²) in [5.74, 6) is 1.68. The van der Waals surface area contributed by atoms with Crippen LogP contribution in [0.2, 0.25) is 0 Å². The van der Waals surface area contributed by atoms with E-state index in [0.29, 0.717) is 6.04 Å². The maximum atomic E-state index is 5.51. The third-order valence-electron chi connectivity index (χ3n) is 5.99. The molecule has 27 heavy (non-hydrogen) atoms. The zero-order valence-corrected chi connectivity index (χ0v) is 16.5. The zero-order chi connectivity index (χ0) is 18.6. The van der Waals surface area contributed by atoms with Crippen molar-refractivity contribution in [2.24, 2.45) is 0 Å². The van der Waals surface area contributed by atoms with Gasteiger partial charge in [-0.25, -0.2) is 0 Å². The lowest BCUT2D eigenvalue weighted by Gasteiger charge is -2.41. The highest BCUT2D eigenvalue weighted by Gasteiger charge is 2.28. The number of hydrogen-bond acceptors (Lipinski definition) is 4. The van der Waals surface area contributed by atoms with Gasteiger partial charge in [0.1, 0.15) is 0 Å². The van der Waals surface area contributed by atoms with Gasteiger partial charge in [0, 0.05) is 32.2 Å². The van der Waals surface area contributed by atoms with Gasteiger partial charge in [-0.1, -0.05) is 30.3 Å². The number of rotatable bonds is 5. The van der Waals surface area contributed by atoms with Gasteiger partial charge in [-0.2, -0.15) is 0 Å². The van der Waals surface area contributed by atoms with E-state index in [2.05, 4.69) is 52.3 Å². The van der Waals surface area contributed by atoms with Gasteiger partial charge in [-0.3, -0.25) is 9.80 Å². The van der Waals surface area contributed by atoms with E-state index >= 15 is 0 Å². The highest BCUT2D eigenvalue weighted by atomic mass is 16.5. The van der Waals surface area contributed by atoms with E-state index in [1.54, 1.807) is 14.2 Å². The van der Waals surface area contributed by atoms with Crippen molar-refractivity contribution in [3.63, 3.8) is 0 Å². The Bertz CT molecular complexity index is 762. The number of hydrogen-bond donors (Lipinski definition) is 0. The second-order valence-electron chi connectivity index (χ2n) is 7.71. The van der Waals surface area contributed by atoms with Crippen molar-refractivity contribution in [3.05, 3.63) is 59.2 Å². The minimum Gasteiger partial charge on any atom is -0.493 e. The molecule has 0 radical (unpaired) electrons. The van der Waals surface area contributed by atoms with Crippen LogP contribution in [0, 0.1) is 0 Å². The molecular weight excluding hydrogens is 336 g/mol. The number of nitrogens with zero attached hydrogens (tertiary/aromatic N) is 2. The van der Waals surface area contributed by atoms with Crippen LogP contribution in [0.3, 0.4) is 0 Å². The molecule has 4 rings (SSSR count). The number of piperidine rings is 1. The van der Waals surface area contributed by atoms with Gasteiger partial charge in [0.25, 0.3) is 0 Å². The molecule has 0 N–H and O–H groups in total. The summed E-state index contributed by atoms with van der Waals surface area (Å²) in [6.07, 6.45) is 3.67. The molecule has 4 heteroatoms. The Balaban J connectivity index is 1.43. The van der Waals surface area contributed by atoms with Crippen LogP contribution in [-0.2, 0) is 19.5 Å². The first-order valence-electron chi connectivity index (χ1n) is 10.0. The third kappa shape index (κ3) is 4.12. The number of methoxy groups -OCH3 is 2. The highest BCUT2D eigenvalue weighted by molar-refractivity contribution is 5.48. The first kappa shape index (κ1) is 18.3. The molecule has 2 aromatic carbocycles. The Morgan fingerprint density at radius 2 is 1.70 bits per heavy atom. The molecule has 0 aromatic heterocycles. The minimum absolute atomic E-state index is 0.642. The molecule has 0 bridgehead atoms. The summed E-state index contributed by atoms with van der Waals surface area (Å²) in [5.41, 5.74) is 4.21. The Hall–Kier alpha value is -2.04. The van der Waals surface area contributed by atoms with E-state index in [4.69, 9.17) is 9.47 Å². The van der Waals surface area contributed by atoms with Crippen molar-refractivity contribution in [1.82, 2.24) is 9.80 Å². The Morgan fingerprint density at radius 1 is 0.963 bits per heavy atom. The molecule has 2 heterocycles. The van der Waals surface area contributed by atoms with Crippen molar-refractivity contribution < 1.29 is 9.47 Å². The molecule has 0 saturated carbocycles. The predicted octanol–water partition coefficient (Wildman–Crippen LogP) is 3.73. The molecule has 0 amide bonds. The van der Waals surface area contributed by atoms with Gasteiger partial charge >= 0.3 is 0 Å². The van der Waals surface area contributed by atoms with Crippen LogP contribution in [0.4, 0.5) is 0 Å². The molecular formula is C23H30N2O2. The molecule has 0 unspecified atom stereocenters. The summed E-state index contributed by atoms with van der Waals surface area (Å²) in [7, 11) is 3.43. The summed E-state index contributed by atoms with van der Waals surface area (Å²) in [5, 5.41) is 0. The number of likely N-dealkylation sites (tertiary alicyclic amines) is 1. The molecule has 2 aliphatic heterocycles. The quantitative estimate of drug-likeness (QED) is 0.805. The molecule has 1 fully saturated rings. The molecule has 1 atom stereocenters. The number of ether oxygens (including phenoxy) is 2. The minimum atomic E-state index is 0.642. The van der Waals surface area contributed by atoms with Crippen molar-refractivity contribution >= 4 is 0 Å². The molecule has 2 aromatic rings. The van der Waals surface area contributed by atoms with Crippen molar-refractivity contribution in [2.75, 3.05) is 33.9 Å². The van der Waals surface area contributed by atoms with E-state index < -0.39 is 0 Å². The summed E-state index contributed by atoms with van der Waals surface area (Å²) in [6, 6.07) is 15.8. The maximum Gasteiger partial charge on any atom is 0.161 e. The van der Waals surface area contributed by atoms with Crippen molar-refractivity contribution in [1.29, 1.82) is 0 Å². The van der Waals surface area contributed by atoms with Gasteiger partial charge in [0.15, 0.2) is 11.5 Å². The lowest BCUT2D eigenvalue weighted by atomic mass is 9.95. The van der Waals surface area contributed by atoms with Gasteiger partial charge in [0.2, 0.25) is 0 Å². The lowest BCUT2D eigenvalue weighted by Crippen LogP contribution is -2.49. The summed E-state index contributed by atoms with van der Waals surface area (Å²) in [6.45, 7) is 5.58. The Kier molecular flexibility index (Phi) is 5.65. The smallest absolute Gasteiger partial charge is 0.161 e. The average Bonchev–Trinajstić information content (AvgIpc) is 2.73. The van der Waals surface area contributed by atoms with Crippen LogP contribution in [-0.4, -0.2) is 49.7 Å². The first-order chi connectivity index (χ1) is 13.3. The van der Waals surface area contributed by atoms with Crippen LogP contribution in [0.5, 0.6) is 11.5 Å². The molecule has 4 nitrogen and oxygen atoms in total. The van der Waals surface area contributed by atoms with Gasteiger partial charge < -0.3 is 9.47 Å². The first-order valence-corrected chi connectivity index (χ1v) is 10.0. The SMILES string of the molecule is COc1cc2c(cc1OC)CN([C@H]1CCCN(Cc3ccccc3)C1)CC2. The third-order valence-corrected chi connectivity index (χ3v) is 5.99. The summed E-state index contributed by atoms with van der Waals surface area (Å²) >= 11 is 0. The number of fused-ring (bicyclic) bond motifs is 1. The molecule has 1 saturated heterocycles. The molecule has 0 aliphatic carbocycles. The number of benzene rings is 2. The van der Waals surface area contributed by atoms with E-state index in [-0.39, 0.29) is 0 Å². The predicted molar refractivity (Wildman–Crippen MR) is 108 cm³/mol. The van der Waals surface area contributed by atoms with Crippen molar-refractivity contribution in [3.8, 4) is 11.5 Å². The zero-order valence-electron chi connectivity index (χ0n) is 16.5. The second kappa shape index (κ2) is 8.32. The molecule has 144 valence electrons. The molecule has 2 aliphatic rings. The van der Waals surface area contributed by atoms with E-state index in [1.807, 2.05) is 0 Å². The summed E-state index contributed by atoms with van der Waals surface area (Å²) in [4.78, 5) is 5.29. The highest BCUT2D eigenvalue weighted by Crippen LogP contribution is 2.34. The van der Waals surface area contributed by atoms with Crippen molar-refractivity contribution in [2.45, 2.75) is 38.4 Å². The largest absolute Gasteiger partial charge is 0.493 e. The van der Waals surface area contributed by atoms with Gasteiger partial charge in [-0.05, 0) is 54.6 Å². The van der Waals surface area contributed by atoms with Gasteiger partial charge in [-0.15, -0.1) is 0 Å². The van der Waals surface area contributed by atoms with Crippen LogP contribution in [0.15, 0.2) is 42.5 Å². The molecule has 0 spiro atoms. The average molecular weight is 367 g/mol. The monoisotopic (exact) mass is 366 g/mol. The van der Waals surface area contributed by atoms with E-state index in [0.717, 1.165) is 44.1 Å². The normalized spacial score (nSPS) is 20.9. The van der Waals surface area contributed by atoms with Crippen LogP contribution < -0.4 is 9.47 Å². The summed E-state index contributed by atoms with van der Waals surface area (Å²) < 4.78 is 11.0. The fraction of sp³-hybridized carbons (Fsp3) is 0.478. The second-order valence-corrected chi connectivity index (χ2v) is 7.71. The fourth-order valence-electron chi connectivity index (χ4n) is 4.53.